The van der Waals surface area contributed by atoms with Crippen LogP contribution in [0.4, 0.5) is 17.3 Å². The van der Waals surface area contributed by atoms with Gasteiger partial charge >= 0.3 is 0 Å². The van der Waals surface area contributed by atoms with E-state index in [9.17, 15) is 21.6 Å². The first-order valence-corrected chi connectivity index (χ1v) is 15.2. The normalized spacial score (nSPS) is 11.6. The molecular weight excluding hydrogens is 550 g/mol. The van der Waals surface area contributed by atoms with E-state index in [1.165, 1.54) is 36.4 Å². The van der Waals surface area contributed by atoms with Crippen molar-refractivity contribution in [3.8, 4) is 0 Å². The van der Waals surface area contributed by atoms with Gasteiger partial charge in [0.25, 0.3) is 26.0 Å². The Bertz CT molecular complexity index is 1800. The fourth-order valence-electron chi connectivity index (χ4n) is 4.03. The van der Waals surface area contributed by atoms with Crippen molar-refractivity contribution in [3.63, 3.8) is 0 Å². The Labute approximate surface area is 234 Å². The highest BCUT2D eigenvalue weighted by Crippen LogP contribution is 2.24. The van der Waals surface area contributed by atoms with Gasteiger partial charge in [0.05, 0.1) is 15.5 Å². The summed E-state index contributed by atoms with van der Waals surface area (Å²) in [6.07, 6.45) is 0. The number of nitrogens with zero attached hydrogens (tertiary/aromatic N) is 2. The molecule has 0 bridgehead atoms. The third-order valence-corrected chi connectivity index (χ3v) is 8.85. The van der Waals surface area contributed by atoms with Gasteiger partial charge in [-0.3, -0.25) is 9.52 Å². The summed E-state index contributed by atoms with van der Waals surface area (Å²) in [5.41, 5.74) is 4.40. The molecule has 0 saturated carbocycles. The monoisotopic (exact) mass is 579 g/mol. The molecule has 0 radical (unpaired) electrons. The van der Waals surface area contributed by atoms with Crippen molar-refractivity contribution in [1.82, 2.24) is 9.97 Å². The molecule has 3 aromatic carbocycles. The Morgan fingerprint density at radius 1 is 0.675 bits per heavy atom. The summed E-state index contributed by atoms with van der Waals surface area (Å²) in [7, 11) is -7.94. The number of aryl methyl sites for hydroxylation is 5. The minimum Gasteiger partial charge on any atom is -0.322 e. The molecule has 0 atom stereocenters. The second-order valence-electron chi connectivity index (χ2n) is 9.46. The molecule has 0 spiro atoms. The maximum Gasteiger partial charge on any atom is 0.264 e. The molecule has 0 unspecified atom stereocenters. The molecule has 208 valence electrons. The maximum absolute atomic E-state index is 13.2. The zero-order valence-electron chi connectivity index (χ0n) is 22.6. The fourth-order valence-corrected chi connectivity index (χ4v) is 6.38. The second-order valence-corrected chi connectivity index (χ2v) is 12.8. The van der Waals surface area contributed by atoms with Crippen LogP contribution < -0.4 is 14.8 Å². The number of hydrogen-bond donors (Lipinski definition) is 3. The molecule has 0 aliphatic rings. The van der Waals surface area contributed by atoms with Crippen LogP contribution in [0.5, 0.6) is 0 Å². The third kappa shape index (κ3) is 6.64. The molecule has 1 aromatic heterocycles. The lowest BCUT2D eigenvalue weighted by atomic mass is 10.1. The van der Waals surface area contributed by atoms with E-state index >= 15 is 0 Å². The molecule has 4 rings (SSSR count). The summed E-state index contributed by atoms with van der Waals surface area (Å²) in [4.78, 5) is 21.1. The van der Waals surface area contributed by atoms with Gasteiger partial charge in [0.15, 0.2) is 0 Å². The Hall–Kier alpha value is -4.29. The number of nitrogens with one attached hydrogen (secondary N) is 3. The Morgan fingerprint density at radius 3 is 1.95 bits per heavy atom. The number of amides is 1. The number of aromatic nitrogens is 2. The lowest BCUT2D eigenvalue weighted by molar-refractivity contribution is 0.102. The Balaban J connectivity index is 1.51. The van der Waals surface area contributed by atoms with Crippen molar-refractivity contribution >= 4 is 43.3 Å². The summed E-state index contributed by atoms with van der Waals surface area (Å²) < 4.78 is 56.8. The first-order valence-electron chi connectivity index (χ1n) is 12.2. The third-order valence-electron chi connectivity index (χ3n) is 6.00. The summed E-state index contributed by atoms with van der Waals surface area (Å²) in [6.45, 7) is 8.85. The van der Waals surface area contributed by atoms with Crippen molar-refractivity contribution in [2.45, 2.75) is 44.4 Å². The van der Waals surface area contributed by atoms with Crippen molar-refractivity contribution in [2.75, 3.05) is 14.8 Å². The van der Waals surface area contributed by atoms with Gasteiger partial charge in [0.1, 0.15) is 0 Å². The smallest absolute Gasteiger partial charge is 0.264 e. The zero-order valence-corrected chi connectivity index (χ0v) is 24.2. The number of carbonyl (C=O) groups excluding carboxylic acids is 1. The van der Waals surface area contributed by atoms with E-state index in [4.69, 9.17) is 0 Å². The van der Waals surface area contributed by atoms with E-state index in [0.29, 0.717) is 28.3 Å². The number of sulfonamides is 2. The van der Waals surface area contributed by atoms with Crippen molar-refractivity contribution in [2.24, 2.45) is 0 Å². The van der Waals surface area contributed by atoms with Gasteiger partial charge < -0.3 is 5.32 Å². The van der Waals surface area contributed by atoms with Crippen LogP contribution in [-0.2, 0) is 20.0 Å². The molecule has 10 nitrogen and oxygen atoms in total. The summed E-state index contributed by atoms with van der Waals surface area (Å²) in [5, 5.41) is 2.67. The zero-order chi connectivity index (χ0) is 29.2. The minimum absolute atomic E-state index is 0.0266. The van der Waals surface area contributed by atoms with Gasteiger partial charge in [-0.05, 0) is 94.3 Å². The fraction of sp³-hybridized carbons (Fsp3) is 0.179. The number of carbonyl (C=O) groups is 1. The van der Waals surface area contributed by atoms with E-state index < -0.39 is 26.0 Å². The van der Waals surface area contributed by atoms with Crippen LogP contribution in [0.2, 0.25) is 0 Å². The summed E-state index contributed by atoms with van der Waals surface area (Å²) in [6, 6.07) is 17.0. The molecule has 40 heavy (non-hydrogen) atoms. The summed E-state index contributed by atoms with van der Waals surface area (Å²) in [5.74, 6) is -0.590. The van der Waals surface area contributed by atoms with E-state index in [1.54, 1.807) is 39.0 Å². The van der Waals surface area contributed by atoms with Crippen LogP contribution in [0, 0.1) is 34.6 Å². The van der Waals surface area contributed by atoms with E-state index in [0.717, 1.165) is 11.1 Å². The summed E-state index contributed by atoms with van der Waals surface area (Å²) >= 11 is 0. The van der Waals surface area contributed by atoms with Crippen molar-refractivity contribution in [1.29, 1.82) is 0 Å². The predicted octanol–water partition coefficient (Wildman–Crippen LogP) is 4.87. The molecular formula is C28H29N5O5S2. The Morgan fingerprint density at radius 2 is 1.32 bits per heavy atom. The lowest BCUT2D eigenvalue weighted by Crippen LogP contribution is -2.18. The number of anilines is 3. The quantitative estimate of drug-likeness (QED) is 0.270. The minimum atomic E-state index is -3.98. The SMILES string of the molecule is Cc1ccc(NS(=O)(=O)c2cc(C(=O)Nc3ccc(S(=O)(=O)Nc4nc(C)cc(C)n4)cc3)ccc2C)c(C)c1. The molecule has 0 aliphatic heterocycles. The van der Waals surface area contributed by atoms with E-state index in [-0.39, 0.29) is 21.3 Å². The van der Waals surface area contributed by atoms with Crippen LogP contribution in [0.15, 0.2) is 76.5 Å². The molecule has 1 heterocycles. The topological polar surface area (TPSA) is 147 Å². The van der Waals surface area contributed by atoms with E-state index in [1.807, 2.05) is 26.0 Å². The lowest BCUT2D eigenvalue weighted by Gasteiger charge is -2.14. The highest BCUT2D eigenvalue weighted by molar-refractivity contribution is 7.93. The first-order chi connectivity index (χ1) is 18.7. The molecule has 1 amide bonds. The number of hydrogen-bond acceptors (Lipinski definition) is 7. The Kier molecular flexibility index (Phi) is 7.94. The first kappa shape index (κ1) is 28.7. The largest absolute Gasteiger partial charge is 0.322 e. The number of rotatable bonds is 8. The van der Waals surface area contributed by atoms with E-state index in [2.05, 4.69) is 24.7 Å². The van der Waals surface area contributed by atoms with Gasteiger partial charge in [0.2, 0.25) is 5.95 Å². The van der Waals surface area contributed by atoms with Crippen LogP contribution in [0.25, 0.3) is 0 Å². The van der Waals surface area contributed by atoms with Crippen molar-refractivity contribution in [3.05, 3.63) is 100 Å². The van der Waals surface area contributed by atoms with Crippen molar-refractivity contribution < 1.29 is 21.6 Å². The van der Waals surface area contributed by atoms with Crippen LogP contribution in [-0.4, -0.2) is 32.7 Å². The second kappa shape index (κ2) is 11.1. The highest BCUT2D eigenvalue weighted by Gasteiger charge is 2.21. The standard InChI is InChI=1S/C28H29N5O5S2/c1-17-6-13-25(19(3)14-17)32-40(37,38)26-16-22(8-7-18(26)2)27(34)31-23-9-11-24(12-10-23)39(35,36)33-28-29-20(4)15-21(5)30-28/h6-16,32H,1-5H3,(H,31,34)(H,29,30,33). The van der Waals surface area contributed by atoms with Gasteiger partial charge in [0, 0.05) is 22.6 Å². The predicted molar refractivity (Wildman–Crippen MR) is 155 cm³/mol. The molecule has 0 saturated heterocycles. The molecule has 0 fully saturated rings. The van der Waals surface area contributed by atoms with Gasteiger partial charge in [-0.1, -0.05) is 23.8 Å². The van der Waals surface area contributed by atoms with Gasteiger partial charge in [-0.2, -0.15) is 0 Å². The van der Waals surface area contributed by atoms with Gasteiger partial charge in [-0.15, -0.1) is 0 Å². The average Bonchev–Trinajstić information content (AvgIpc) is 2.85. The molecule has 0 aliphatic carbocycles. The highest BCUT2D eigenvalue weighted by atomic mass is 32.2. The average molecular weight is 580 g/mol. The maximum atomic E-state index is 13.2. The molecule has 4 aromatic rings. The van der Waals surface area contributed by atoms with Crippen LogP contribution in [0.1, 0.15) is 38.4 Å². The van der Waals surface area contributed by atoms with Crippen LogP contribution >= 0.6 is 0 Å². The molecule has 3 N–H and O–H groups in total. The molecule has 12 heteroatoms. The number of benzene rings is 3. The van der Waals surface area contributed by atoms with Gasteiger partial charge in [-0.25, -0.2) is 31.5 Å². The van der Waals surface area contributed by atoms with Crippen LogP contribution in [0.3, 0.4) is 0 Å².